The molecule has 1 aromatic carbocycles. The molecule has 1 aliphatic heterocycles. The highest BCUT2D eigenvalue weighted by Gasteiger charge is 2.18. The molecular weight excluding hydrogens is 300 g/mol. The van der Waals surface area contributed by atoms with Gasteiger partial charge in [0, 0.05) is 13.1 Å². The zero-order valence-corrected chi connectivity index (χ0v) is 15.9. The van der Waals surface area contributed by atoms with Crippen molar-refractivity contribution in [3.63, 3.8) is 0 Å². The first-order valence-electron chi connectivity index (χ1n) is 8.99. The van der Waals surface area contributed by atoms with E-state index in [1.54, 1.807) is 0 Å². The minimum Gasteiger partial charge on any atom is -0.362 e. The second kappa shape index (κ2) is 9.07. The molecule has 0 N–H and O–H groups in total. The summed E-state index contributed by atoms with van der Waals surface area (Å²) in [4.78, 5) is 7.29. The lowest BCUT2D eigenvalue weighted by molar-refractivity contribution is 0.811. The Balaban J connectivity index is 0.000000924. The Morgan fingerprint density at radius 3 is 2.30 bits per heavy atom. The average Bonchev–Trinajstić information content (AvgIpc) is 3.21. The summed E-state index contributed by atoms with van der Waals surface area (Å²) in [6, 6.07) is 8.90. The van der Waals surface area contributed by atoms with Gasteiger partial charge in [-0.3, -0.25) is 0 Å². The molecule has 0 bridgehead atoms. The number of hydrogen-bond acceptors (Lipinski definition) is 3. The Labute approximate surface area is 145 Å². The predicted octanol–water partition coefficient (Wildman–Crippen LogP) is 5.56. The number of nitrogens with zero attached hydrogens (tertiary/aromatic N) is 2. The van der Waals surface area contributed by atoms with Crippen molar-refractivity contribution in [1.82, 2.24) is 4.98 Å². The molecule has 0 amide bonds. The van der Waals surface area contributed by atoms with Gasteiger partial charge in [-0.15, -0.1) is 11.3 Å². The fraction of sp³-hybridized carbons (Fsp3) is 0.550. The van der Waals surface area contributed by atoms with Gasteiger partial charge in [0.25, 0.3) is 0 Å². The highest BCUT2D eigenvalue weighted by Crippen LogP contribution is 2.31. The molecule has 2 nitrogen and oxygen atoms in total. The van der Waals surface area contributed by atoms with Crippen LogP contribution < -0.4 is 4.90 Å². The number of aryl methyl sites for hydroxylation is 4. The molecule has 0 unspecified atom stereocenters. The van der Waals surface area contributed by atoms with Crippen LogP contribution in [0.25, 0.3) is 0 Å². The number of rotatable bonds is 5. The molecule has 1 saturated heterocycles. The SMILES string of the molecule is CC.Cc1ccc(CCCc2nc(C)c(N3CCCC3)s2)cc1. The van der Waals surface area contributed by atoms with Gasteiger partial charge in [-0.05, 0) is 51.5 Å². The maximum absolute atomic E-state index is 4.78. The van der Waals surface area contributed by atoms with Crippen molar-refractivity contribution in [2.24, 2.45) is 0 Å². The smallest absolute Gasteiger partial charge is 0.114 e. The van der Waals surface area contributed by atoms with E-state index in [0.717, 1.165) is 12.8 Å². The summed E-state index contributed by atoms with van der Waals surface area (Å²) in [5.74, 6) is 0. The van der Waals surface area contributed by atoms with E-state index in [9.17, 15) is 0 Å². The third-order valence-corrected chi connectivity index (χ3v) is 5.46. The fourth-order valence-electron chi connectivity index (χ4n) is 2.96. The molecule has 126 valence electrons. The van der Waals surface area contributed by atoms with Crippen molar-refractivity contribution in [3.05, 3.63) is 46.1 Å². The van der Waals surface area contributed by atoms with E-state index in [-0.39, 0.29) is 0 Å². The first-order chi connectivity index (χ1) is 11.2. The monoisotopic (exact) mass is 330 g/mol. The minimum absolute atomic E-state index is 1.10. The van der Waals surface area contributed by atoms with Crippen LogP contribution in [0.15, 0.2) is 24.3 Å². The van der Waals surface area contributed by atoms with Gasteiger partial charge in [-0.1, -0.05) is 43.7 Å². The summed E-state index contributed by atoms with van der Waals surface area (Å²) in [5.41, 5.74) is 4.01. The van der Waals surface area contributed by atoms with Gasteiger partial charge >= 0.3 is 0 Å². The van der Waals surface area contributed by atoms with Crippen molar-refractivity contribution in [3.8, 4) is 0 Å². The van der Waals surface area contributed by atoms with E-state index in [2.05, 4.69) is 43.0 Å². The summed E-state index contributed by atoms with van der Waals surface area (Å²) >= 11 is 1.91. The van der Waals surface area contributed by atoms with E-state index >= 15 is 0 Å². The molecule has 0 aliphatic carbocycles. The maximum Gasteiger partial charge on any atom is 0.114 e. The Morgan fingerprint density at radius 2 is 1.65 bits per heavy atom. The molecule has 2 heterocycles. The Hall–Kier alpha value is -1.35. The largest absolute Gasteiger partial charge is 0.362 e. The molecule has 0 atom stereocenters. The molecule has 1 aromatic heterocycles. The van der Waals surface area contributed by atoms with E-state index in [4.69, 9.17) is 4.98 Å². The van der Waals surface area contributed by atoms with Crippen molar-refractivity contribution in [1.29, 1.82) is 0 Å². The quantitative estimate of drug-likeness (QED) is 0.713. The summed E-state index contributed by atoms with van der Waals surface area (Å²) < 4.78 is 0. The number of anilines is 1. The third kappa shape index (κ3) is 5.07. The lowest BCUT2D eigenvalue weighted by atomic mass is 10.1. The molecule has 23 heavy (non-hydrogen) atoms. The maximum atomic E-state index is 4.78. The number of aromatic nitrogens is 1. The molecule has 0 saturated carbocycles. The summed E-state index contributed by atoms with van der Waals surface area (Å²) in [7, 11) is 0. The molecule has 3 heteroatoms. The van der Waals surface area contributed by atoms with Crippen LogP contribution in [-0.4, -0.2) is 18.1 Å². The van der Waals surface area contributed by atoms with Gasteiger partial charge in [0.1, 0.15) is 5.00 Å². The van der Waals surface area contributed by atoms with Gasteiger partial charge in [0.2, 0.25) is 0 Å². The van der Waals surface area contributed by atoms with E-state index < -0.39 is 0 Å². The number of benzene rings is 1. The van der Waals surface area contributed by atoms with E-state index in [0.29, 0.717) is 0 Å². The first-order valence-corrected chi connectivity index (χ1v) is 9.81. The van der Waals surface area contributed by atoms with Crippen LogP contribution >= 0.6 is 11.3 Å². The average molecular weight is 331 g/mol. The van der Waals surface area contributed by atoms with E-state index in [1.165, 1.54) is 59.2 Å². The second-order valence-electron chi connectivity index (χ2n) is 6.03. The van der Waals surface area contributed by atoms with Crippen LogP contribution in [0.3, 0.4) is 0 Å². The van der Waals surface area contributed by atoms with Gasteiger partial charge in [-0.25, -0.2) is 4.98 Å². The minimum atomic E-state index is 1.10. The molecule has 1 aliphatic rings. The molecule has 1 fully saturated rings. The van der Waals surface area contributed by atoms with Crippen LogP contribution in [0, 0.1) is 13.8 Å². The lowest BCUT2D eigenvalue weighted by Crippen LogP contribution is -2.16. The Morgan fingerprint density at radius 1 is 1.00 bits per heavy atom. The van der Waals surface area contributed by atoms with Crippen LogP contribution in [0.4, 0.5) is 5.00 Å². The van der Waals surface area contributed by atoms with Crippen LogP contribution in [-0.2, 0) is 12.8 Å². The zero-order valence-electron chi connectivity index (χ0n) is 15.1. The summed E-state index contributed by atoms with van der Waals surface area (Å²) in [6.45, 7) is 10.7. The van der Waals surface area contributed by atoms with Crippen molar-refractivity contribution < 1.29 is 0 Å². The Bertz CT molecular complexity index is 580. The predicted molar refractivity (Wildman–Crippen MR) is 103 cm³/mol. The lowest BCUT2D eigenvalue weighted by Gasteiger charge is -2.14. The van der Waals surface area contributed by atoms with Gasteiger partial charge in [0.15, 0.2) is 0 Å². The Kier molecular flexibility index (Phi) is 7.10. The van der Waals surface area contributed by atoms with Crippen molar-refractivity contribution >= 4 is 16.3 Å². The van der Waals surface area contributed by atoms with Crippen LogP contribution in [0.2, 0.25) is 0 Å². The number of hydrogen-bond donors (Lipinski definition) is 0. The molecule has 2 aromatic rings. The highest BCUT2D eigenvalue weighted by molar-refractivity contribution is 7.15. The highest BCUT2D eigenvalue weighted by atomic mass is 32.1. The van der Waals surface area contributed by atoms with E-state index in [1.807, 2.05) is 25.2 Å². The summed E-state index contributed by atoms with van der Waals surface area (Å²) in [6.07, 6.45) is 6.11. The van der Waals surface area contributed by atoms with Gasteiger partial charge < -0.3 is 4.90 Å². The standard InChI is InChI=1S/C18H24N2S.C2H6/c1-14-8-10-16(11-9-14)6-5-7-17-19-15(2)18(21-17)20-12-3-4-13-20;1-2/h8-11H,3-7,12-13H2,1-2H3;1-2H3. The molecule has 0 spiro atoms. The van der Waals surface area contributed by atoms with Crippen molar-refractivity contribution in [2.45, 2.75) is 59.8 Å². The van der Waals surface area contributed by atoms with Crippen molar-refractivity contribution in [2.75, 3.05) is 18.0 Å². The number of thiazole rings is 1. The first kappa shape index (κ1) is 18.0. The topological polar surface area (TPSA) is 16.1 Å². The molecule has 0 radical (unpaired) electrons. The zero-order chi connectivity index (χ0) is 16.7. The fourth-order valence-corrected chi connectivity index (χ4v) is 4.12. The third-order valence-electron chi connectivity index (χ3n) is 4.19. The molecular formula is C20H30N2S. The normalized spacial score (nSPS) is 13.8. The van der Waals surface area contributed by atoms with Gasteiger partial charge in [-0.2, -0.15) is 0 Å². The van der Waals surface area contributed by atoms with Crippen LogP contribution in [0.5, 0.6) is 0 Å². The van der Waals surface area contributed by atoms with Gasteiger partial charge in [0.05, 0.1) is 10.7 Å². The molecule has 3 rings (SSSR count). The second-order valence-corrected chi connectivity index (χ2v) is 7.09. The van der Waals surface area contributed by atoms with Crippen LogP contribution in [0.1, 0.15) is 54.9 Å². The summed E-state index contributed by atoms with van der Waals surface area (Å²) in [5, 5.41) is 2.72.